The summed E-state index contributed by atoms with van der Waals surface area (Å²) in [7, 11) is 1.73. The summed E-state index contributed by atoms with van der Waals surface area (Å²) in [5.74, 6) is 0.617. The zero-order valence-electron chi connectivity index (χ0n) is 14.3. The van der Waals surface area contributed by atoms with Crippen LogP contribution in [0.2, 0.25) is 0 Å². The lowest BCUT2D eigenvalue weighted by molar-refractivity contribution is 0.0767. The first-order valence-corrected chi connectivity index (χ1v) is 8.08. The largest absolute Gasteiger partial charge is 0.492 e. The monoisotopic (exact) mass is 336 g/mol. The third-order valence-electron chi connectivity index (χ3n) is 3.76. The maximum Gasteiger partial charge on any atom is 0.276 e. The molecule has 0 N–H and O–H groups in total. The molecule has 6 heteroatoms. The van der Waals surface area contributed by atoms with Crippen molar-refractivity contribution in [2.45, 2.75) is 6.92 Å². The van der Waals surface area contributed by atoms with Gasteiger partial charge in [-0.05, 0) is 31.2 Å². The van der Waals surface area contributed by atoms with Crippen molar-refractivity contribution in [3.05, 3.63) is 72.1 Å². The molecule has 0 saturated heterocycles. The fraction of sp³-hybridized carbons (Fsp3) is 0.211. The average molecular weight is 336 g/mol. The van der Waals surface area contributed by atoms with E-state index in [1.54, 1.807) is 18.9 Å². The van der Waals surface area contributed by atoms with E-state index in [1.165, 1.54) is 4.80 Å². The highest BCUT2D eigenvalue weighted by Crippen LogP contribution is 2.11. The molecule has 1 aromatic heterocycles. The maximum atomic E-state index is 12.6. The fourth-order valence-corrected chi connectivity index (χ4v) is 2.35. The summed E-state index contributed by atoms with van der Waals surface area (Å²) in [4.78, 5) is 15.7. The number of carbonyl (C=O) groups excluding carboxylic acids is 1. The van der Waals surface area contributed by atoms with E-state index < -0.39 is 0 Å². The van der Waals surface area contributed by atoms with Crippen LogP contribution in [0.3, 0.4) is 0 Å². The number of hydrogen-bond donors (Lipinski definition) is 0. The van der Waals surface area contributed by atoms with Crippen molar-refractivity contribution >= 4 is 5.91 Å². The van der Waals surface area contributed by atoms with Gasteiger partial charge in [0.1, 0.15) is 12.4 Å². The van der Waals surface area contributed by atoms with E-state index in [0.29, 0.717) is 24.5 Å². The number of hydrogen-bond acceptors (Lipinski definition) is 4. The molecule has 3 rings (SSSR count). The molecule has 0 bridgehead atoms. The number of aromatic nitrogens is 3. The van der Waals surface area contributed by atoms with Crippen LogP contribution >= 0.6 is 0 Å². The lowest BCUT2D eigenvalue weighted by atomic mass is 10.3. The third-order valence-corrected chi connectivity index (χ3v) is 3.76. The number of benzene rings is 2. The Morgan fingerprint density at radius 3 is 2.36 bits per heavy atom. The number of amides is 1. The number of para-hydroxylation sites is 2. The topological polar surface area (TPSA) is 60.2 Å². The number of carbonyl (C=O) groups is 1. The molecule has 0 fully saturated rings. The van der Waals surface area contributed by atoms with E-state index in [-0.39, 0.29) is 5.91 Å². The van der Waals surface area contributed by atoms with Crippen molar-refractivity contribution < 1.29 is 9.53 Å². The first kappa shape index (κ1) is 16.7. The molecule has 128 valence electrons. The molecule has 6 nitrogen and oxygen atoms in total. The van der Waals surface area contributed by atoms with Gasteiger partial charge in [-0.15, -0.1) is 5.10 Å². The number of ether oxygens (including phenoxy) is 1. The van der Waals surface area contributed by atoms with Crippen LogP contribution in [0.1, 0.15) is 16.2 Å². The van der Waals surface area contributed by atoms with Crippen LogP contribution in [-0.4, -0.2) is 46.0 Å². The van der Waals surface area contributed by atoms with Crippen molar-refractivity contribution in [1.82, 2.24) is 19.9 Å². The van der Waals surface area contributed by atoms with Crippen LogP contribution in [0.5, 0.6) is 5.75 Å². The van der Waals surface area contributed by atoms with Crippen molar-refractivity contribution in [3.63, 3.8) is 0 Å². The lowest BCUT2D eigenvalue weighted by Crippen LogP contribution is -2.31. The van der Waals surface area contributed by atoms with Crippen molar-refractivity contribution in [2.24, 2.45) is 0 Å². The predicted molar refractivity (Wildman–Crippen MR) is 95.0 cm³/mol. The van der Waals surface area contributed by atoms with Gasteiger partial charge in [0.2, 0.25) is 0 Å². The van der Waals surface area contributed by atoms with Gasteiger partial charge in [-0.1, -0.05) is 36.4 Å². The third kappa shape index (κ3) is 4.03. The van der Waals surface area contributed by atoms with E-state index in [9.17, 15) is 4.79 Å². The van der Waals surface area contributed by atoms with Crippen LogP contribution in [0, 0.1) is 6.92 Å². The van der Waals surface area contributed by atoms with Gasteiger partial charge in [0, 0.05) is 7.05 Å². The minimum absolute atomic E-state index is 0.170. The van der Waals surface area contributed by atoms with E-state index in [0.717, 1.165) is 11.4 Å². The molecule has 25 heavy (non-hydrogen) atoms. The van der Waals surface area contributed by atoms with E-state index in [4.69, 9.17) is 4.74 Å². The van der Waals surface area contributed by atoms with Crippen LogP contribution in [-0.2, 0) is 0 Å². The normalized spacial score (nSPS) is 10.5. The quantitative estimate of drug-likeness (QED) is 0.694. The SMILES string of the molecule is Cc1nn(-c2ccccc2)nc1C(=O)N(C)CCOc1ccccc1. The van der Waals surface area contributed by atoms with Gasteiger partial charge in [0.15, 0.2) is 5.69 Å². The van der Waals surface area contributed by atoms with E-state index in [1.807, 2.05) is 60.7 Å². The highest BCUT2D eigenvalue weighted by atomic mass is 16.5. The number of likely N-dealkylation sites (N-methyl/N-ethyl adjacent to an activating group) is 1. The first-order chi connectivity index (χ1) is 12.1. The predicted octanol–water partition coefficient (Wildman–Crippen LogP) is 2.73. The second-order valence-corrected chi connectivity index (χ2v) is 5.65. The molecule has 0 atom stereocenters. The summed E-state index contributed by atoms with van der Waals surface area (Å²) in [6.45, 7) is 2.66. The Bertz CT molecular complexity index is 831. The van der Waals surface area contributed by atoms with Crippen LogP contribution in [0.25, 0.3) is 5.69 Å². The average Bonchev–Trinajstić information content (AvgIpc) is 3.04. The standard InChI is InChI=1S/C19H20N4O2/c1-15-18(21-23(20-15)16-9-5-3-6-10-16)19(24)22(2)13-14-25-17-11-7-4-8-12-17/h3-12H,13-14H2,1-2H3. The first-order valence-electron chi connectivity index (χ1n) is 8.08. The van der Waals surface area contributed by atoms with Gasteiger partial charge >= 0.3 is 0 Å². The molecule has 0 aliphatic carbocycles. The Labute approximate surface area is 146 Å². The van der Waals surface area contributed by atoms with Gasteiger partial charge in [-0.2, -0.15) is 9.90 Å². The van der Waals surface area contributed by atoms with Crippen molar-refractivity contribution in [3.8, 4) is 11.4 Å². The molecule has 0 aliphatic heterocycles. The van der Waals surface area contributed by atoms with Crippen LogP contribution in [0.4, 0.5) is 0 Å². The minimum atomic E-state index is -0.170. The summed E-state index contributed by atoms with van der Waals surface area (Å²) < 4.78 is 5.63. The Balaban J connectivity index is 1.63. The smallest absolute Gasteiger partial charge is 0.276 e. The molecule has 0 spiro atoms. The number of aryl methyl sites for hydroxylation is 1. The fourth-order valence-electron chi connectivity index (χ4n) is 2.35. The molecule has 2 aromatic carbocycles. The van der Waals surface area contributed by atoms with Crippen LogP contribution < -0.4 is 4.74 Å². The second-order valence-electron chi connectivity index (χ2n) is 5.65. The molecular formula is C19H20N4O2. The van der Waals surface area contributed by atoms with E-state index in [2.05, 4.69) is 10.2 Å². The molecule has 0 unspecified atom stereocenters. The van der Waals surface area contributed by atoms with Crippen molar-refractivity contribution in [1.29, 1.82) is 0 Å². The summed E-state index contributed by atoms with van der Waals surface area (Å²) in [6, 6.07) is 19.1. The lowest BCUT2D eigenvalue weighted by Gasteiger charge is -2.16. The minimum Gasteiger partial charge on any atom is -0.492 e. The Morgan fingerprint density at radius 1 is 1.04 bits per heavy atom. The van der Waals surface area contributed by atoms with Gasteiger partial charge < -0.3 is 9.64 Å². The molecule has 3 aromatic rings. The highest BCUT2D eigenvalue weighted by Gasteiger charge is 2.20. The summed E-state index contributed by atoms with van der Waals surface area (Å²) in [5.41, 5.74) is 1.77. The molecule has 0 radical (unpaired) electrons. The van der Waals surface area contributed by atoms with E-state index >= 15 is 0 Å². The van der Waals surface area contributed by atoms with Crippen LogP contribution in [0.15, 0.2) is 60.7 Å². The molecular weight excluding hydrogens is 316 g/mol. The Morgan fingerprint density at radius 2 is 1.68 bits per heavy atom. The molecule has 0 saturated carbocycles. The molecule has 1 amide bonds. The number of rotatable bonds is 6. The summed E-state index contributed by atoms with van der Waals surface area (Å²) in [6.07, 6.45) is 0. The van der Waals surface area contributed by atoms with Gasteiger partial charge in [-0.25, -0.2) is 0 Å². The second kappa shape index (κ2) is 7.61. The van der Waals surface area contributed by atoms with Gasteiger partial charge in [-0.3, -0.25) is 4.79 Å². The zero-order chi connectivity index (χ0) is 17.6. The molecule has 1 heterocycles. The maximum absolute atomic E-state index is 12.6. The highest BCUT2D eigenvalue weighted by molar-refractivity contribution is 5.93. The molecule has 0 aliphatic rings. The summed E-state index contributed by atoms with van der Waals surface area (Å²) in [5, 5.41) is 8.68. The van der Waals surface area contributed by atoms with Gasteiger partial charge in [0.05, 0.1) is 17.9 Å². The van der Waals surface area contributed by atoms with Crippen molar-refractivity contribution in [2.75, 3.05) is 20.2 Å². The van der Waals surface area contributed by atoms with Gasteiger partial charge in [0.25, 0.3) is 5.91 Å². The summed E-state index contributed by atoms with van der Waals surface area (Å²) >= 11 is 0. The Hall–Kier alpha value is -3.15. The zero-order valence-corrected chi connectivity index (χ0v) is 14.3. The Kier molecular flexibility index (Phi) is 5.09. The number of nitrogens with zero attached hydrogens (tertiary/aromatic N) is 4.